The van der Waals surface area contributed by atoms with Gasteiger partial charge in [-0.05, 0) is 25.7 Å². The van der Waals surface area contributed by atoms with Crippen LogP contribution in [0.5, 0.6) is 0 Å². The van der Waals surface area contributed by atoms with Gasteiger partial charge in [-0.2, -0.15) is 0 Å². The van der Waals surface area contributed by atoms with Gasteiger partial charge in [-0.1, -0.05) is 75.5 Å². The van der Waals surface area contributed by atoms with Crippen LogP contribution in [0, 0.1) is 0 Å². The molecule has 0 aliphatic carbocycles. The minimum atomic E-state index is -2.00. The van der Waals surface area contributed by atoms with Crippen LogP contribution in [0.15, 0.2) is 36.5 Å². The van der Waals surface area contributed by atoms with E-state index in [1.54, 1.807) is 18.2 Å². The SMILES string of the molecule is CCCCCCCC/C=C/C=C/C=C/C[C@H]1NC(=O)CNC(=O)[C@H](CCC(N)=O)NC(=O)[C@H](O)[C@H]2OC(=O)C[C@@H]2NC(=O)[C@H]1O. The Morgan fingerprint density at radius 1 is 0.867 bits per heavy atom. The third-order valence-electron chi connectivity index (χ3n) is 7.41. The summed E-state index contributed by atoms with van der Waals surface area (Å²) in [7, 11) is 0. The molecule has 0 aromatic carbocycles. The number of hydrogen-bond acceptors (Lipinski definition) is 9. The van der Waals surface area contributed by atoms with Crippen LogP contribution in [0.25, 0.3) is 0 Å². The van der Waals surface area contributed by atoms with Gasteiger partial charge >= 0.3 is 5.97 Å². The van der Waals surface area contributed by atoms with Crippen LogP contribution in [0.2, 0.25) is 0 Å². The van der Waals surface area contributed by atoms with Crippen molar-refractivity contribution in [1.82, 2.24) is 21.3 Å². The first kappa shape index (κ1) is 37.1. The molecule has 250 valence electrons. The summed E-state index contributed by atoms with van der Waals surface area (Å²) in [6, 6.07) is -3.70. The van der Waals surface area contributed by atoms with Gasteiger partial charge in [0.25, 0.3) is 11.8 Å². The zero-order chi connectivity index (χ0) is 33.2. The first-order valence-electron chi connectivity index (χ1n) is 15.5. The number of aliphatic hydroxyl groups is 2. The molecule has 14 nitrogen and oxygen atoms in total. The number of carbonyl (C=O) groups excluding carboxylic acids is 6. The number of nitrogens with two attached hydrogens (primary N) is 1. The number of amides is 5. The highest BCUT2D eigenvalue weighted by Gasteiger charge is 2.45. The van der Waals surface area contributed by atoms with Gasteiger partial charge in [0.05, 0.1) is 25.0 Å². The van der Waals surface area contributed by atoms with Gasteiger partial charge in [0.2, 0.25) is 17.7 Å². The number of hydrogen-bond donors (Lipinski definition) is 7. The Bertz CT molecular complexity index is 1120. The molecule has 2 aliphatic heterocycles. The largest absolute Gasteiger partial charge is 0.457 e. The molecule has 0 spiro atoms. The van der Waals surface area contributed by atoms with Crippen molar-refractivity contribution in [2.75, 3.05) is 6.54 Å². The molecule has 0 aromatic rings. The number of esters is 1. The molecule has 0 unspecified atom stereocenters. The number of carbonyl (C=O) groups is 6. The van der Waals surface area contributed by atoms with Gasteiger partial charge in [-0.25, -0.2) is 0 Å². The minimum absolute atomic E-state index is 0.0213. The van der Waals surface area contributed by atoms with Crippen molar-refractivity contribution in [3.05, 3.63) is 36.5 Å². The number of primary amides is 1. The van der Waals surface area contributed by atoms with E-state index >= 15 is 0 Å². The number of allylic oxidation sites excluding steroid dienone is 5. The van der Waals surface area contributed by atoms with Gasteiger partial charge in [-0.3, -0.25) is 28.8 Å². The fraction of sp³-hybridized carbons (Fsp3) is 0.613. The van der Waals surface area contributed by atoms with Crippen LogP contribution in [0.4, 0.5) is 0 Å². The zero-order valence-corrected chi connectivity index (χ0v) is 25.7. The van der Waals surface area contributed by atoms with Crippen LogP contribution in [-0.2, 0) is 33.5 Å². The van der Waals surface area contributed by atoms with E-state index in [9.17, 15) is 39.0 Å². The van der Waals surface area contributed by atoms with E-state index in [-0.39, 0.29) is 19.3 Å². The second-order valence-electron chi connectivity index (χ2n) is 11.2. The Hall–Kier alpha value is -4.04. The van der Waals surface area contributed by atoms with E-state index in [4.69, 9.17) is 10.5 Å². The zero-order valence-electron chi connectivity index (χ0n) is 25.7. The van der Waals surface area contributed by atoms with Crippen LogP contribution >= 0.6 is 0 Å². The van der Waals surface area contributed by atoms with E-state index in [1.165, 1.54) is 32.1 Å². The van der Waals surface area contributed by atoms with Crippen molar-refractivity contribution < 1.29 is 43.7 Å². The lowest BCUT2D eigenvalue weighted by Crippen LogP contribution is -2.57. The van der Waals surface area contributed by atoms with Gasteiger partial charge in [0.1, 0.15) is 6.04 Å². The number of fused-ring (bicyclic) bond motifs is 1. The molecule has 2 saturated heterocycles. The molecule has 0 aromatic heterocycles. The maximum Gasteiger partial charge on any atom is 0.308 e. The van der Waals surface area contributed by atoms with Crippen molar-refractivity contribution >= 4 is 35.5 Å². The molecule has 6 atom stereocenters. The monoisotopic (exact) mass is 633 g/mol. The predicted octanol–water partition coefficient (Wildman–Crippen LogP) is -0.317. The lowest BCUT2D eigenvalue weighted by atomic mass is 10.0. The second-order valence-corrected chi connectivity index (χ2v) is 11.2. The smallest absolute Gasteiger partial charge is 0.308 e. The quantitative estimate of drug-likeness (QED) is 0.0755. The summed E-state index contributed by atoms with van der Waals surface area (Å²) < 4.78 is 5.06. The average Bonchev–Trinajstić information content (AvgIpc) is 3.37. The molecule has 2 rings (SSSR count). The molecule has 5 amide bonds. The number of aliphatic hydroxyl groups excluding tert-OH is 2. The van der Waals surface area contributed by atoms with Crippen molar-refractivity contribution in [1.29, 1.82) is 0 Å². The van der Waals surface area contributed by atoms with Crippen molar-refractivity contribution in [3.8, 4) is 0 Å². The number of nitrogens with one attached hydrogen (secondary N) is 4. The molecule has 0 bridgehead atoms. The lowest BCUT2D eigenvalue weighted by Gasteiger charge is -2.26. The Morgan fingerprint density at radius 3 is 2.24 bits per heavy atom. The third kappa shape index (κ3) is 13.6. The highest BCUT2D eigenvalue weighted by molar-refractivity contribution is 5.93. The number of ether oxygens (including phenoxy) is 1. The lowest BCUT2D eigenvalue weighted by molar-refractivity contribution is -0.151. The van der Waals surface area contributed by atoms with Gasteiger partial charge < -0.3 is 42.0 Å². The molecule has 45 heavy (non-hydrogen) atoms. The number of unbranched alkanes of at least 4 members (excludes halogenated alkanes) is 6. The summed E-state index contributed by atoms with van der Waals surface area (Å²) in [5.41, 5.74) is 5.17. The number of rotatable bonds is 14. The Balaban J connectivity index is 2.11. The first-order chi connectivity index (χ1) is 21.5. The molecule has 2 fully saturated rings. The summed E-state index contributed by atoms with van der Waals surface area (Å²) in [5.74, 6) is -5.23. The normalized spacial score (nSPS) is 27.0. The molecular weight excluding hydrogens is 586 g/mol. The fourth-order valence-corrected chi connectivity index (χ4v) is 4.87. The van der Waals surface area contributed by atoms with Gasteiger partial charge in [0.15, 0.2) is 18.3 Å². The van der Waals surface area contributed by atoms with E-state index in [1.807, 2.05) is 12.2 Å². The van der Waals surface area contributed by atoms with Crippen LogP contribution in [0.1, 0.15) is 77.6 Å². The molecule has 2 aliphatic rings. The van der Waals surface area contributed by atoms with Crippen LogP contribution < -0.4 is 27.0 Å². The summed E-state index contributed by atoms with van der Waals surface area (Å²) >= 11 is 0. The molecule has 8 N–H and O–H groups in total. The molecule has 14 heteroatoms. The standard InChI is InChI=1S/C31H47N5O9/c1-2-3-4-5-6-7-8-9-10-11-12-13-14-15-20-26(40)30(43)36-22-18-25(39)45-28(22)27(41)31(44)35-21(16-17-23(32)37)29(42)33-19-24(38)34-20/h9-14,20-22,26-28,40-41H,2-8,15-19H2,1H3,(H2,32,37)(H,33,42)(H,34,38)(H,35,44)(H,36,43)/b10-9+,12-11+,14-13+/t20-,21+,22+,26+,27-,28+/m1/s1. The third-order valence-corrected chi connectivity index (χ3v) is 7.41. The Labute approximate surface area is 263 Å². The van der Waals surface area contributed by atoms with Crippen molar-refractivity contribution in [2.45, 2.75) is 114 Å². The topological polar surface area (TPSA) is 226 Å². The summed E-state index contributed by atoms with van der Waals surface area (Å²) in [6.45, 7) is 1.61. The minimum Gasteiger partial charge on any atom is -0.457 e. The highest BCUT2D eigenvalue weighted by atomic mass is 16.6. The Kier molecular flexibility index (Phi) is 16.6. The maximum absolute atomic E-state index is 13.0. The maximum atomic E-state index is 13.0. The predicted molar refractivity (Wildman–Crippen MR) is 164 cm³/mol. The first-order valence-corrected chi connectivity index (χ1v) is 15.5. The Morgan fingerprint density at radius 2 is 1.53 bits per heavy atom. The second kappa shape index (κ2) is 20.1. The molecule has 0 radical (unpaired) electrons. The van der Waals surface area contributed by atoms with Crippen molar-refractivity contribution in [3.63, 3.8) is 0 Å². The van der Waals surface area contributed by atoms with E-state index in [2.05, 4.69) is 34.3 Å². The molecule has 0 saturated carbocycles. The van der Waals surface area contributed by atoms with Crippen LogP contribution in [0.3, 0.4) is 0 Å². The molecule has 2 heterocycles. The molecular formula is C31H47N5O9. The summed E-state index contributed by atoms with van der Waals surface area (Å²) in [4.78, 5) is 74.5. The van der Waals surface area contributed by atoms with E-state index in [0.29, 0.717) is 0 Å². The fourth-order valence-electron chi connectivity index (χ4n) is 4.87. The highest BCUT2D eigenvalue weighted by Crippen LogP contribution is 2.20. The van der Waals surface area contributed by atoms with Crippen molar-refractivity contribution in [2.24, 2.45) is 5.73 Å². The average molecular weight is 634 g/mol. The summed E-state index contributed by atoms with van der Waals surface area (Å²) in [5, 5.41) is 31.0. The van der Waals surface area contributed by atoms with E-state index < -0.39 is 84.9 Å². The van der Waals surface area contributed by atoms with Gasteiger partial charge in [-0.15, -0.1) is 0 Å². The van der Waals surface area contributed by atoms with Crippen LogP contribution in [-0.4, -0.2) is 88.7 Å². The van der Waals surface area contributed by atoms with Gasteiger partial charge in [0, 0.05) is 6.42 Å². The summed E-state index contributed by atoms with van der Waals surface area (Å²) in [6.07, 6.45) is 13.1. The van der Waals surface area contributed by atoms with E-state index in [0.717, 1.165) is 12.8 Å².